The van der Waals surface area contributed by atoms with E-state index in [2.05, 4.69) is 10.3 Å². The summed E-state index contributed by atoms with van der Waals surface area (Å²) in [6.45, 7) is 0. The van der Waals surface area contributed by atoms with Gasteiger partial charge in [-0.3, -0.25) is 14.9 Å². The van der Waals surface area contributed by atoms with Crippen molar-refractivity contribution in [1.82, 2.24) is 4.98 Å². The van der Waals surface area contributed by atoms with E-state index in [-0.39, 0.29) is 17.1 Å². The second-order valence-electron chi connectivity index (χ2n) is 3.97. The molecule has 0 aliphatic heterocycles. The van der Waals surface area contributed by atoms with Crippen molar-refractivity contribution in [1.29, 1.82) is 0 Å². The first-order chi connectivity index (χ1) is 9.97. The molecule has 1 heterocycles. The molecule has 0 saturated carbocycles. The lowest BCUT2D eigenvalue weighted by Gasteiger charge is -2.05. The fraction of sp³-hybridized carbons (Fsp3) is 0. The standard InChI is InChI=1S/C13H9N3O5/c17-12(10-2-1-3-11(15-10)13(18)19)14-8-4-6-9(7-5-8)16(20)21/h1-7H,(H,14,17)(H,18,19). The number of non-ortho nitro benzene ring substituents is 1. The van der Waals surface area contributed by atoms with Crippen LogP contribution in [0.5, 0.6) is 0 Å². The Labute approximate surface area is 118 Å². The molecule has 0 bridgehead atoms. The molecule has 2 aromatic rings. The number of hydrogen-bond acceptors (Lipinski definition) is 5. The number of rotatable bonds is 4. The van der Waals surface area contributed by atoms with E-state index >= 15 is 0 Å². The first kappa shape index (κ1) is 14.1. The van der Waals surface area contributed by atoms with Gasteiger partial charge in [0.15, 0.2) is 0 Å². The Morgan fingerprint density at radius 2 is 1.71 bits per heavy atom. The van der Waals surface area contributed by atoms with Crippen LogP contribution in [0.25, 0.3) is 0 Å². The van der Waals surface area contributed by atoms with E-state index in [1.54, 1.807) is 0 Å². The van der Waals surface area contributed by atoms with Crippen LogP contribution in [0, 0.1) is 10.1 Å². The average Bonchev–Trinajstić information content (AvgIpc) is 2.48. The van der Waals surface area contributed by atoms with Crippen LogP contribution >= 0.6 is 0 Å². The summed E-state index contributed by atoms with van der Waals surface area (Å²) in [5, 5.41) is 21.8. The molecule has 8 nitrogen and oxygen atoms in total. The number of nitro benzene ring substituents is 1. The molecule has 0 radical (unpaired) electrons. The maximum atomic E-state index is 11.9. The lowest BCUT2D eigenvalue weighted by atomic mass is 10.2. The zero-order chi connectivity index (χ0) is 15.4. The number of carbonyl (C=O) groups is 2. The Balaban J connectivity index is 2.16. The van der Waals surface area contributed by atoms with Crippen molar-refractivity contribution in [3.05, 3.63) is 64.0 Å². The molecule has 0 spiro atoms. The van der Waals surface area contributed by atoms with Crippen molar-refractivity contribution in [2.45, 2.75) is 0 Å². The van der Waals surface area contributed by atoms with Crippen LogP contribution in [-0.2, 0) is 0 Å². The highest BCUT2D eigenvalue weighted by Gasteiger charge is 2.12. The molecule has 1 aromatic heterocycles. The molecule has 0 aliphatic carbocycles. The molecule has 0 fully saturated rings. The van der Waals surface area contributed by atoms with Gasteiger partial charge in [0.05, 0.1) is 4.92 Å². The smallest absolute Gasteiger partial charge is 0.354 e. The number of aromatic nitrogens is 1. The van der Waals surface area contributed by atoms with Crippen molar-refractivity contribution in [2.75, 3.05) is 5.32 Å². The van der Waals surface area contributed by atoms with Gasteiger partial charge in [0.1, 0.15) is 11.4 Å². The van der Waals surface area contributed by atoms with E-state index in [0.717, 1.165) is 0 Å². The summed E-state index contributed by atoms with van der Waals surface area (Å²) in [6.07, 6.45) is 0. The second kappa shape index (κ2) is 5.78. The first-order valence-corrected chi connectivity index (χ1v) is 5.73. The zero-order valence-electron chi connectivity index (χ0n) is 10.5. The predicted octanol–water partition coefficient (Wildman–Crippen LogP) is 1.94. The van der Waals surface area contributed by atoms with Gasteiger partial charge in [0.25, 0.3) is 11.6 Å². The Bertz CT molecular complexity index is 712. The molecule has 0 unspecified atom stereocenters. The third-order valence-electron chi connectivity index (χ3n) is 2.54. The van der Waals surface area contributed by atoms with Crippen LogP contribution in [0.15, 0.2) is 42.5 Å². The highest BCUT2D eigenvalue weighted by atomic mass is 16.6. The molecule has 2 rings (SSSR count). The summed E-state index contributed by atoms with van der Waals surface area (Å²) in [6, 6.07) is 9.28. The molecule has 0 aliphatic rings. The summed E-state index contributed by atoms with van der Waals surface area (Å²) in [4.78, 5) is 36.3. The van der Waals surface area contributed by atoms with E-state index < -0.39 is 16.8 Å². The summed E-state index contributed by atoms with van der Waals surface area (Å²) < 4.78 is 0. The summed E-state index contributed by atoms with van der Waals surface area (Å²) in [5.41, 5.74) is -0.0632. The predicted molar refractivity (Wildman–Crippen MR) is 72.2 cm³/mol. The Hall–Kier alpha value is -3.29. The molecule has 1 aromatic carbocycles. The molecular formula is C13H9N3O5. The fourth-order valence-electron chi connectivity index (χ4n) is 1.54. The molecule has 0 saturated heterocycles. The Morgan fingerprint density at radius 1 is 1.10 bits per heavy atom. The number of anilines is 1. The van der Waals surface area contributed by atoms with Crippen LogP contribution in [0.1, 0.15) is 21.0 Å². The average molecular weight is 287 g/mol. The number of nitro groups is 1. The first-order valence-electron chi connectivity index (χ1n) is 5.73. The molecular weight excluding hydrogens is 278 g/mol. The third-order valence-corrected chi connectivity index (χ3v) is 2.54. The molecule has 2 N–H and O–H groups in total. The number of aromatic carboxylic acids is 1. The Morgan fingerprint density at radius 3 is 2.29 bits per heavy atom. The van der Waals surface area contributed by atoms with E-state index in [0.29, 0.717) is 5.69 Å². The number of carboxylic acids is 1. The Kier molecular flexibility index (Phi) is 3.89. The second-order valence-corrected chi connectivity index (χ2v) is 3.97. The number of nitrogens with one attached hydrogen (secondary N) is 1. The molecule has 8 heteroatoms. The van der Waals surface area contributed by atoms with Crippen molar-refractivity contribution < 1.29 is 19.6 Å². The summed E-state index contributed by atoms with van der Waals surface area (Å²) >= 11 is 0. The minimum Gasteiger partial charge on any atom is -0.477 e. The van der Waals surface area contributed by atoms with Crippen molar-refractivity contribution >= 4 is 23.3 Å². The molecule has 0 atom stereocenters. The van der Waals surface area contributed by atoms with Gasteiger partial charge in [-0.25, -0.2) is 9.78 Å². The normalized spacial score (nSPS) is 9.90. The van der Waals surface area contributed by atoms with Gasteiger partial charge in [-0.15, -0.1) is 0 Å². The maximum Gasteiger partial charge on any atom is 0.354 e. The number of pyridine rings is 1. The monoisotopic (exact) mass is 287 g/mol. The van der Waals surface area contributed by atoms with Gasteiger partial charge >= 0.3 is 5.97 Å². The largest absolute Gasteiger partial charge is 0.477 e. The minimum absolute atomic E-state index is 0.0618. The number of amides is 1. The zero-order valence-corrected chi connectivity index (χ0v) is 10.5. The number of carboxylic acid groups (broad SMARTS) is 1. The van der Waals surface area contributed by atoms with Crippen molar-refractivity contribution in [3.8, 4) is 0 Å². The maximum absolute atomic E-state index is 11.9. The van der Waals surface area contributed by atoms with Gasteiger partial charge in [-0.2, -0.15) is 0 Å². The quantitative estimate of drug-likeness (QED) is 0.654. The van der Waals surface area contributed by atoms with E-state index in [4.69, 9.17) is 5.11 Å². The van der Waals surface area contributed by atoms with E-state index in [9.17, 15) is 19.7 Å². The van der Waals surface area contributed by atoms with Gasteiger partial charge in [-0.1, -0.05) is 6.07 Å². The number of hydrogen-bond donors (Lipinski definition) is 2. The van der Waals surface area contributed by atoms with Gasteiger partial charge in [-0.05, 0) is 24.3 Å². The number of nitrogens with zero attached hydrogens (tertiary/aromatic N) is 2. The molecule has 106 valence electrons. The van der Waals surface area contributed by atoms with Crippen molar-refractivity contribution in [2.24, 2.45) is 0 Å². The van der Waals surface area contributed by atoms with Crippen LogP contribution in [-0.4, -0.2) is 26.9 Å². The highest BCUT2D eigenvalue weighted by Crippen LogP contribution is 2.16. The SMILES string of the molecule is O=C(O)c1cccc(C(=O)Nc2ccc([N+](=O)[O-])cc2)n1. The van der Waals surface area contributed by atoms with Crippen LogP contribution in [0.4, 0.5) is 11.4 Å². The van der Waals surface area contributed by atoms with Gasteiger partial charge in [0, 0.05) is 17.8 Å². The summed E-state index contributed by atoms with van der Waals surface area (Å²) in [7, 11) is 0. The third kappa shape index (κ3) is 3.38. The van der Waals surface area contributed by atoms with Gasteiger partial charge < -0.3 is 10.4 Å². The topological polar surface area (TPSA) is 122 Å². The summed E-state index contributed by atoms with van der Waals surface area (Å²) in [5.74, 6) is -1.84. The number of benzene rings is 1. The highest BCUT2D eigenvalue weighted by molar-refractivity contribution is 6.03. The number of carbonyl (C=O) groups excluding carboxylic acids is 1. The van der Waals surface area contributed by atoms with Crippen molar-refractivity contribution in [3.63, 3.8) is 0 Å². The van der Waals surface area contributed by atoms with Crippen LogP contribution in [0.2, 0.25) is 0 Å². The fourth-order valence-corrected chi connectivity index (χ4v) is 1.54. The lowest BCUT2D eigenvalue weighted by molar-refractivity contribution is -0.384. The van der Waals surface area contributed by atoms with E-state index in [1.165, 1.54) is 42.5 Å². The molecule has 21 heavy (non-hydrogen) atoms. The van der Waals surface area contributed by atoms with E-state index in [1.807, 2.05) is 0 Å². The lowest BCUT2D eigenvalue weighted by Crippen LogP contribution is -2.15. The molecule has 1 amide bonds. The minimum atomic E-state index is -1.24. The van der Waals surface area contributed by atoms with Crippen LogP contribution in [0.3, 0.4) is 0 Å². The van der Waals surface area contributed by atoms with Crippen LogP contribution < -0.4 is 5.32 Å². The van der Waals surface area contributed by atoms with Gasteiger partial charge in [0.2, 0.25) is 0 Å².